The zero-order valence-electron chi connectivity index (χ0n) is 12.2. The fourth-order valence-corrected chi connectivity index (χ4v) is 2.22. The van der Waals surface area contributed by atoms with Gasteiger partial charge in [-0.2, -0.15) is 5.10 Å². The number of nitrogens with one attached hydrogen (secondary N) is 1. The summed E-state index contributed by atoms with van der Waals surface area (Å²) in [5.41, 5.74) is 2.55. The summed E-state index contributed by atoms with van der Waals surface area (Å²) in [5, 5.41) is 18.5. The zero-order chi connectivity index (χ0) is 15.5. The Kier molecular flexibility index (Phi) is 3.74. The number of benzene rings is 1. The van der Waals surface area contributed by atoms with Crippen molar-refractivity contribution >= 4 is 23.1 Å². The predicted octanol–water partition coefficient (Wildman–Crippen LogP) is 2.63. The molecule has 2 aromatic rings. The Morgan fingerprint density at radius 3 is 2.68 bits per heavy atom. The summed E-state index contributed by atoms with van der Waals surface area (Å²) in [6, 6.07) is 10.2. The summed E-state index contributed by atoms with van der Waals surface area (Å²) >= 11 is 0. The highest BCUT2D eigenvalue weighted by Gasteiger charge is 2.14. The molecular weight excluding hydrogens is 280 g/mol. The van der Waals surface area contributed by atoms with Crippen LogP contribution in [0, 0.1) is 0 Å². The van der Waals surface area contributed by atoms with Gasteiger partial charge in [0.25, 0.3) is 5.91 Å². The summed E-state index contributed by atoms with van der Waals surface area (Å²) < 4.78 is 0. The van der Waals surface area contributed by atoms with Crippen molar-refractivity contribution in [3.63, 3.8) is 0 Å². The van der Waals surface area contributed by atoms with Gasteiger partial charge in [-0.15, -0.1) is 0 Å². The minimum Gasteiger partial charge on any atom is -0.504 e. The van der Waals surface area contributed by atoms with E-state index in [0.717, 1.165) is 24.4 Å². The van der Waals surface area contributed by atoms with Crippen LogP contribution in [0.15, 0.2) is 47.7 Å². The molecule has 22 heavy (non-hydrogen) atoms. The molecular formula is C16H16N4O2. The van der Waals surface area contributed by atoms with Gasteiger partial charge in [-0.25, -0.2) is 4.98 Å². The standard InChI is InChI=1S/C16H16N4O2/c1-11-8-10-20(19-11)13-6-4-12(5-7-13)16(22)18-15-14(21)3-2-9-17-15/h2-7,9,21H,8,10H2,1H3,(H,17,18,22). The second-order valence-electron chi connectivity index (χ2n) is 5.08. The lowest BCUT2D eigenvalue weighted by atomic mass is 10.2. The first-order valence-corrected chi connectivity index (χ1v) is 7.00. The molecule has 2 N–H and O–H groups in total. The molecule has 0 fully saturated rings. The Morgan fingerprint density at radius 1 is 1.27 bits per heavy atom. The first-order chi connectivity index (χ1) is 10.6. The van der Waals surface area contributed by atoms with Crippen LogP contribution in [-0.2, 0) is 0 Å². The van der Waals surface area contributed by atoms with Gasteiger partial charge in [-0.3, -0.25) is 9.80 Å². The van der Waals surface area contributed by atoms with Gasteiger partial charge >= 0.3 is 0 Å². The van der Waals surface area contributed by atoms with Gasteiger partial charge in [0.05, 0.1) is 5.69 Å². The zero-order valence-corrected chi connectivity index (χ0v) is 12.2. The van der Waals surface area contributed by atoms with Crippen molar-refractivity contribution < 1.29 is 9.90 Å². The van der Waals surface area contributed by atoms with Crippen molar-refractivity contribution in [1.82, 2.24) is 4.98 Å². The summed E-state index contributed by atoms with van der Waals surface area (Å²) in [5.74, 6) is -0.229. The number of hydrogen-bond donors (Lipinski definition) is 2. The maximum Gasteiger partial charge on any atom is 0.256 e. The van der Waals surface area contributed by atoms with E-state index in [4.69, 9.17) is 0 Å². The van der Waals surface area contributed by atoms with Crippen LogP contribution in [0.25, 0.3) is 0 Å². The van der Waals surface area contributed by atoms with Crippen molar-refractivity contribution in [3.8, 4) is 5.75 Å². The summed E-state index contributed by atoms with van der Waals surface area (Å²) in [6.45, 7) is 2.86. The van der Waals surface area contributed by atoms with Gasteiger partial charge in [-0.05, 0) is 43.3 Å². The summed E-state index contributed by atoms with van der Waals surface area (Å²) in [4.78, 5) is 16.1. The van der Waals surface area contributed by atoms with E-state index in [-0.39, 0.29) is 17.5 Å². The molecule has 1 aromatic carbocycles. The highest BCUT2D eigenvalue weighted by atomic mass is 16.3. The maximum absolute atomic E-state index is 12.1. The minimum absolute atomic E-state index is 0.0608. The molecule has 0 atom stereocenters. The molecule has 0 saturated heterocycles. The number of amides is 1. The van der Waals surface area contributed by atoms with Crippen molar-refractivity contribution in [1.29, 1.82) is 0 Å². The van der Waals surface area contributed by atoms with Gasteiger partial charge in [-0.1, -0.05) is 0 Å². The molecule has 3 rings (SSSR count). The van der Waals surface area contributed by atoms with E-state index in [1.807, 2.05) is 24.1 Å². The van der Waals surface area contributed by atoms with Crippen LogP contribution in [0.3, 0.4) is 0 Å². The van der Waals surface area contributed by atoms with E-state index in [0.29, 0.717) is 5.56 Å². The molecule has 0 bridgehead atoms. The fourth-order valence-electron chi connectivity index (χ4n) is 2.22. The molecule has 0 spiro atoms. The molecule has 6 nitrogen and oxygen atoms in total. The van der Waals surface area contributed by atoms with Crippen molar-refractivity contribution in [2.24, 2.45) is 5.10 Å². The molecule has 2 heterocycles. The average Bonchev–Trinajstić information content (AvgIpc) is 2.96. The number of aromatic nitrogens is 1. The molecule has 1 aliphatic rings. The van der Waals surface area contributed by atoms with Crippen LogP contribution >= 0.6 is 0 Å². The molecule has 1 aliphatic heterocycles. The lowest BCUT2D eigenvalue weighted by molar-refractivity contribution is 0.102. The van der Waals surface area contributed by atoms with E-state index >= 15 is 0 Å². The number of aromatic hydroxyl groups is 1. The Labute approximate surface area is 128 Å². The summed E-state index contributed by atoms with van der Waals surface area (Å²) in [6.07, 6.45) is 2.47. The molecule has 0 saturated carbocycles. The van der Waals surface area contributed by atoms with Crippen LogP contribution < -0.4 is 10.3 Å². The maximum atomic E-state index is 12.1. The first-order valence-electron chi connectivity index (χ1n) is 7.00. The highest BCUT2D eigenvalue weighted by Crippen LogP contribution is 2.22. The van der Waals surface area contributed by atoms with Gasteiger partial charge in [0.1, 0.15) is 0 Å². The van der Waals surface area contributed by atoms with Crippen LogP contribution in [-0.4, -0.2) is 28.3 Å². The van der Waals surface area contributed by atoms with Crippen LogP contribution in [0.4, 0.5) is 11.5 Å². The van der Waals surface area contributed by atoms with Crippen molar-refractivity contribution in [2.75, 3.05) is 16.9 Å². The smallest absolute Gasteiger partial charge is 0.256 e. The van der Waals surface area contributed by atoms with Gasteiger partial charge in [0.15, 0.2) is 11.6 Å². The number of nitrogens with zero attached hydrogens (tertiary/aromatic N) is 3. The third kappa shape index (κ3) is 2.90. The van der Waals surface area contributed by atoms with Crippen LogP contribution in [0.5, 0.6) is 5.75 Å². The van der Waals surface area contributed by atoms with E-state index in [9.17, 15) is 9.90 Å². The Balaban J connectivity index is 1.73. The van der Waals surface area contributed by atoms with Gasteiger partial charge in [0.2, 0.25) is 0 Å². The second-order valence-corrected chi connectivity index (χ2v) is 5.08. The number of hydrazone groups is 1. The number of carbonyl (C=O) groups excluding carboxylic acids is 1. The quantitative estimate of drug-likeness (QED) is 0.912. The number of hydrogen-bond acceptors (Lipinski definition) is 5. The third-order valence-electron chi connectivity index (χ3n) is 3.42. The molecule has 112 valence electrons. The predicted molar refractivity (Wildman–Crippen MR) is 85.4 cm³/mol. The van der Waals surface area contributed by atoms with Crippen LogP contribution in [0.1, 0.15) is 23.7 Å². The van der Waals surface area contributed by atoms with E-state index in [2.05, 4.69) is 15.4 Å². The SMILES string of the molecule is CC1=NN(c2ccc(C(=O)Nc3ncccc3O)cc2)CC1. The molecule has 0 unspecified atom stereocenters. The second kappa shape index (κ2) is 5.85. The molecule has 1 amide bonds. The van der Waals surface area contributed by atoms with Gasteiger partial charge < -0.3 is 10.4 Å². The monoisotopic (exact) mass is 296 g/mol. The molecule has 0 radical (unpaired) electrons. The molecule has 1 aromatic heterocycles. The van der Waals surface area contributed by atoms with Crippen molar-refractivity contribution in [3.05, 3.63) is 48.2 Å². The molecule has 6 heteroatoms. The lowest BCUT2D eigenvalue weighted by Gasteiger charge is -2.14. The number of carbonyl (C=O) groups is 1. The molecule has 0 aliphatic carbocycles. The third-order valence-corrected chi connectivity index (χ3v) is 3.42. The van der Waals surface area contributed by atoms with E-state index in [1.54, 1.807) is 18.2 Å². The average molecular weight is 296 g/mol. The summed E-state index contributed by atoms with van der Waals surface area (Å²) in [7, 11) is 0. The largest absolute Gasteiger partial charge is 0.504 e. The number of anilines is 2. The minimum atomic E-state index is -0.318. The number of rotatable bonds is 3. The lowest BCUT2D eigenvalue weighted by Crippen LogP contribution is -2.14. The fraction of sp³-hybridized carbons (Fsp3) is 0.188. The van der Waals surface area contributed by atoms with Crippen molar-refractivity contribution in [2.45, 2.75) is 13.3 Å². The Bertz CT molecular complexity index is 725. The van der Waals surface area contributed by atoms with E-state index < -0.39 is 0 Å². The highest BCUT2D eigenvalue weighted by molar-refractivity contribution is 6.04. The normalized spacial score (nSPS) is 13.9. The Hall–Kier alpha value is -2.89. The van der Waals surface area contributed by atoms with Crippen LogP contribution in [0.2, 0.25) is 0 Å². The first kappa shape index (κ1) is 14.1. The van der Waals surface area contributed by atoms with Gasteiger partial charge in [0, 0.05) is 30.4 Å². The Morgan fingerprint density at radius 2 is 2.05 bits per heavy atom. The topological polar surface area (TPSA) is 77.8 Å². The van der Waals surface area contributed by atoms with E-state index in [1.165, 1.54) is 12.3 Å². The number of pyridine rings is 1.